The molecule has 0 radical (unpaired) electrons. The van der Waals surface area contributed by atoms with Crippen LogP contribution < -0.4 is 9.47 Å². The largest absolute Gasteiger partial charge is 0.499 e. The minimum absolute atomic E-state index is 0.0431. The number of rotatable bonds is 8. The maximum atomic E-state index is 14.5. The molecule has 6 heteroatoms. The van der Waals surface area contributed by atoms with E-state index in [-0.39, 0.29) is 18.0 Å². The maximum absolute atomic E-state index is 14.5. The third-order valence-corrected chi connectivity index (χ3v) is 4.48. The summed E-state index contributed by atoms with van der Waals surface area (Å²) in [6, 6.07) is 3.24. The number of ether oxygens (including phenoxy) is 3. The van der Waals surface area contributed by atoms with Gasteiger partial charge >= 0.3 is 0 Å². The molecule has 1 aromatic heterocycles. The molecule has 0 aliphatic carbocycles. The molecule has 0 saturated heterocycles. The van der Waals surface area contributed by atoms with Crippen LogP contribution in [0.3, 0.4) is 0 Å². The van der Waals surface area contributed by atoms with Gasteiger partial charge in [0, 0.05) is 29.0 Å². The molecule has 1 aromatic carbocycles. The number of ketones is 1. The van der Waals surface area contributed by atoms with Crippen molar-refractivity contribution >= 4 is 27.2 Å². The number of allylic oxidation sites excluding steroid dienone is 1. The van der Waals surface area contributed by atoms with Gasteiger partial charge in [-0.1, -0.05) is 6.58 Å². The first-order valence-electron chi connectivity index (χ1n) is 7.19. The fraction of sp³-hybridized carbons (Fsp3) is 0.353. The summed E-state index contributed by atoms with van der Waals surface area (Å²) >= 11 is 1.24. The molecule has 2 rings (SSSR count). The normalized spacial score (nSPS) is 10.6. The summed E-state index contributed by atoms with van der Waals surface area (Å²) in [7, 11) is 2.83. The van der Waals surface area contributed by atoms with Crippen molar-refractivity contribution in [2.75, 3.05) is 20.8 Å². The van der Waals surface area contributed by atoms with Crippen LogP contribution in [0.5, 0.6) is 11.5 Å². The van der Waals surface area contributed by atoms with Crippen LogP contribution in [0.2, 0.25) is 0 Å². The average molecular weight is 338 g/mol. The number of thiophene rings is 1. The van der Waals surface area contributed by atoms with E-state index in [0.29, 0.717) is 39.5 Å². The van der Waals surface area contributed by atoms with Crippen molar-refractivity contribution in [1.29, 1.82) is 0 Å². The number of hydrogen-bond donors (Lipinski definition) is 0. The fourth-order valence-electron chi connectivity index (χ4n) is 2.23. The van der Waals surface area contributed by atoms with Crippen LogP contribution >= 0.6 is 11.3 Å². The zero-order valence-electron chi connectivity index (χ0n) is 13.4. The first-order valence-corrected chi connectivity index (χ1v) is 8.01. The van der Waals surface area contributed by atoms with Gasteiger partial charge < -0.3 is 14.2 Å². The third kappa shape index (κ3) is 3.64. The number of fused-ring (bicyclic) bond motifs is 1. The van der Waals surface area contributed by atoms with E-state index in [9.17, 15) is 9.18 Å². The Morgan fingerprint density at radius 3 is 2.61 bits per heavy atom. The molecular weight excluding hydrogens is 319 g/mol. The van der Waals surface area contributed by atoms with Gasteiger partial charge in [0.15, 0.2) is 23.1 Å². The number of carbonyl (C=O) groups excluding carboxylic acids is 1. The predicted octanol–water partition coefficient (Wildman–Crippen LogP) is 4.57. The zero-order valence-corrected chi connectivity index (χ0v) is 14.2. The van der Waals surface area contributed by atoms with E-state index in [1.165, 1.54) is 25.6 Å². The van der Waals surface area contributed by atoms with E-state index in [1.807, 2.05) is 6.92 Å². The number of methoxy groups -OCH3 is 2. The first kappa shape index (κ1) is 17.3. The van der Waals surface area contributed by atoms with E-state index in [1.54, 1.807) is 12.1 Å². The van der Waals surface area contributed by atoms with E-state index < -0.39 is 5.82 Å². The summed E-state index contributed by atoms with van der Waals surface area (Å²) in [5.41, 5.74) is 0. The molecule has 23 heavy (non-hydrogen) atoms. The summed E-state index contributed by atoms with van der Waals surface area (Å²) < 4.78 is 30.5. The van der Waals surface area contributed by atoms with E-state index in [4.69, 9.17) is 14.2 Å². The molecule has 0 aliphatic heterocycles. The molecular formula is C17H19FO4S. The van der Waals surface area contributed by atoms with Gasteiger partial charge in [-0.2, -0.15) is 0 Å². The van der Waals surface area contributed by atoms with Gasteiger partial charge in [-0.15, -0.1) is 11.3 Å². The van der Waals surface area contributed by atoms with Crippen molar-refractivity contribution in [3.63, 3.8) is 0 Å². The smallest absolute Gasteiger partial charge is 0.197 e. The highest BCUT2D eigenvalue weighted by molar-refractivity contribution is 7.20. The van der Waals surface area contributed by atoms with Gasteiger partial charge in [-0.05, 0) is 13.0 Å². The lowest BCUT2D eigenvalue weighted by Crippen LogP contribution is -1.98. The predicted molar refractivity (Wildman–Crippen MR) is 89.2 cm³/mol. The van der Waals surface area contributed by atoms with Crippen molar-refractivity contribution in [2.24, 2.45) is 0 Å². The summed E-state index contributed by atoms with van der Waals surface area (Å²) in [6.45, 7) is 6.14. The second-order valence-electron chi connectivity index (χ2n) is 4.84. The quantitative estimate of drug-likeness (QED) is 0.522. The van der Waals surface area contributed by atoms with Crippen LogP contribution in [0, 0.1) is 5.82 Å². The number of Topliss-reactive ketones (excluding diaryl/α,β-unsaturated/α-hetero) is 1. The van der Waals surface area contributed by atoms with E-state index in [2.05, 4.69) is 6.58 Å². The Labute approximate surface area is 138 Å². The Bertz CT molecular complexity index is 736. The van der Waals surface area contributed by atoms with Crippen molar-refractivity contribution < 1.29 is 23.4 Å². The van der Waals surface area contributed by atoms with Gasteiger partial charge in [-0.25, -0.2) is 4.39 Å². The molecule has 4 nitrogen and oxygen atoms in total. The molecule has 1 heterocycles. The number of benzene rings is 1. The van der Waals surface area contributed by atoms with Crippen molar-refractivity contribution in [3.8, 4) is 11.5 Å². The second kappa shape index (κ2) is 7.46. The SMILES string of the molecule is C=C(CCC(=O)c1cc2c(F)c(OC)c(OC)cc2s1)OCC. The summed E-state index contributed by atoms with van der Waals surface area (Å²) in [6.07, 6.45) is 0.734. The van der Waals surface area contributed by atoms with Crippen LogP contribution in [0.4, 0.5) is 4.39 Å². The lowest BCUT2D eigenvalue weighted by molar-refractivity contribution is 0.0978. The summed E-state index contributed by atoms with van der Waals surface area (Å²) in [4.78, 5) is 12.8. The first-order chi connectivity index (χ1) is 11.0. The Morgan fingerprint density at radius 1 is 1.26 bits per heavy atom. The second-order valence-corrected chi connectivity index (χ2v) is 5.93. The molecule has 0 spiro atoms. The van der Waals surface area contributed by atoms with Crippen molar-refractivity contribution in [2.45, 2.75) is 19.8 Å². The molecule has 0 aliphatic rings. The minimum atomic E-state index is -0.518. The van der Waals surface area contributed by atoms with Gasteiger partial charge in [-0.3, -0.25) is 4.79 Å². The Kier molecular flexibility index (Phi) is 5.60. The molecule has 0 bridgehead atoms. The maximum Gasteiger partial charge on any atom is 0.197 e. The highest BCUT2D eigenvalue weighted by atomic mass is 32.1. The van der Waals surface area contributed by atoms with Crippen LogP contribution in [0.25, 0.3) is 10.1 Å². The van der Waals surface area contributed by atoms with Crippen LogP contribution in [-0.2, 0) is 4.74 Å². The lowest BCUT2D eigenvalue weighted by atomic mass is 10.1. The van der Waals surface area contributed by atoms with Gasteiger partial charge in [0.1, 0.15) is 0 Å². The average Bonchev–Trinajstić information content (AvgIpc) is 2.97. The summed E-state index contributed by atoms with van der Waals surface area (Å²) in [5.74, 6) is 0.348. The molecule has 0 amide bonds. The molecule has 0 saturated carbocycles. The van der Waals surface area contributed by atoms with Gasteiger partial charge in [0.25, 0.3) is 0 Å². The third-order valence-electron chi connectivity index (χ3n) is 3.36. The molecule has 124 valence electrons. The van der Waals surface area contributed by atoms with Crippen LogP contribution in [0.1, 0.15) is 29.4 Å². The highest BCUT2D eigenvalue weighted by Gasteiger charge is 2.19. The topological polar surface area (TPSA) is 44.8 Å². The number of hydrogen-bond acceptors (Lipinski definition) is 5. The lowest BCUT2D eigenvalue weighted by Gasteiger charge is -2.08. The number of halogens is 1. The van der Waals surface area contributed by atoms with E-state index in [0.717, 1.165) is 0 Å². The van der Waals surface area contributed by atoms with Crippen molar-refractivity contribution in [3.05, 3.63) is 35.2 Å². The zero-order chi connectivity index (χ0) is 17.0. The molecule has 0 fully saturated rings. The minimum Gasteiger partial charge on any atom is -0.499 e. The Balaban J connectivity index is 2.28. The van der Waals surface area contributed by atoms with Gasteiger partial charge in [0.05, 0.1) is 31.5 Å². The molecule has 0 N–H and O–H groups in total. The fourth-order valence-corrected chi connectivity index (χ4v) is 3.28. The molecule has 0 unspecified atom stereocenters. The molecule has 2 aromatic rings. The Morgan fingerprint density at radius 2 is 2.00 bits per heavy atom. The highest BCUT2D eigenvalue weighted by Crippen LogP contribution is 2.40. The van der Waals surface area contributed by atoms with Gasteiger partial charge in [0.2, 0.25) is 0 Å². The summed E-state index contributed by atoms with van der Waals surface area (Å²) in [5, 5.41) is 0.361. The monoisotopic (exact) mass is 338 g/mol. The van der Waals surface area contributed by atoms with Crippen LogP contribution in [0.15, 0.2) is 24.5 Å². The van der Waals surface area contributed by atoms with Crippen LogP contribution in [-0.4, -0.2) is 26.6 Å². The van der Waals surface area contributed by atoms with Crippen molar-refractivity contribution in [1.82, 2.24) is 0 Å². The van der Waals surface area contributed by atoms with E-state index >= 15 is 0 Å². The standard InChI is InChI=1S/C17H19FO4S/c1-5-22-10(2)6-7-12(19)15-8-11-14(23-15)9-13(20-3)17(21-4)16(11)18/h8-9H,2,5-7H2,1,3-4H3. The number of carbonyl (C=O) groups is 1. The molecule has 0 atom stereocenters. The Hall–Kier alpha value is -2.08.